The Bertz CT molecular complexity index is 650. The molecule has 4 nitrogen and oxygen atoms in total. The molecule has 2 aromatic carbocycles. The standard InChI is InChI=1S/C12H8F2N2O2S/c13-7-1-3-9(14)12(5-7)19-8-2-4-11(16(17)18)10(15)6-8/h1-6H,15H2. The van der Waals surface area contributed by atoms with Gasteiger partial charge in [0.2, 0.25) is 0 Å². The molecule has 0 aliphatic heterocycles. The van der Waals surface area contributed by atoms with Crippen LogP contribution in [0.2, 0.25) is 0 Å². The number of anilines is 1. The van der Waals surface area contributed by atoms with E-state index in [1.54, 1.807) is 0 Å². The number of hydrogen-bond donors (Lipinski definition) is 1. The maximum absolute atomic E-state index is 13.4. The van der Waals surface area contributed by atoms with E-state index in [1.165, 1.54) is 18.2 Å². The first-order chi connectivity index (χ1) is 8.97. The lowest BCUT2D eigenvalue weighted by atomic mass is 10.3. The molecule has 0 unspecified atom stereocenters. The van der Waals surface area contributed by atoms with Gasteiger partial charge < -0.3 is 5.73 Å². The van der Waals surface area contributed by atoms with Crippen LogP contribution in [0.25, 0.3) is 0 Å². The lowest BCUT2D eigenvalue weighted by molar-refractivity contribution is -0.383. The van der Waals surface area contributed by atoms with Crippen LogP contribution in [0.3, 0.4) is 0 Å². The summed E-state index contributed by atoms with van der Waals surface area (Å²) in [5.41, 5.74) is 5.28. The van der Waals surface area contributed by atoms with Crippen LogP contribution in [0.1, 0.15) is 0 Å². The molecular formula is C12H8F2N2O2S. The highest BCUT2D eigenvalue weighted by Gasteiger charge is 2.13. The third-order valence-corrected chi connectivity index (χ3v) is 3.34. The van der Waals surface area contributed by atoms with Crippen molar-refractivity contribution in [2.24, 2.45) is 0 Å². The van der Waals surface area contributed by atoms with Gasteiger partial charge in [-0.05, 0) is 30.3 Å². The maximum atomic E-state index is 13.4. The Balaban J connectivity index is 2.31. The van der Waals surface area contributed by atoms with Gasteiger partial charge in [0.05, 0.1) is 9.82 Å². The highest BCUT2D eigenvalue weighted by atomic mass is 32.2. The first-order valence-electron chi connectivity index (χ1n) is 5.14. The van der Waals surface area contributed by atoms with Crippen LogP contribution in [0.15, 0.2) is 46.2 Å². The summed E-state index contributed by atoms with van der Waals surface area (Å²) < 4.78 is 26.4. The van der Waals surface area contributed by atoms with Crippen LogP contribution >= 0.6 is 11.8 Å². The van der Waals surface area contributed by atoms with Crippen molar-refractivity contribution in [2.45, 2.75) is 9.79 Å². The van der Waals surface area contributed by atoms with Crippen molar-refractivity contribution < 1.29 is 13.7 Å². The molecule has 0 heterocycles. The molecule has 0 saturated heterocycles. The minimum absolute atomic E-state index is 0.0215. The van der Waals surface area contributed by atoms with Crippen LogP contribution in [-0.2, 0) is 0 Å². The lowest BCUT2D eigenvalue weighted by Gasteiger charge is -2.04. The summed E-state index contributed by atoms with van der Waals surface area (Å²) in [6.45, 7) is 0. The molecule has 2 N–H and O–H groups in total. The van der Waals surface area contributed by atoms with E-state index in [-0.39, 0.29) is 16.3 Å². The molecule has 0 spiro atoms. The average Bonchev–Trinajstić information content (AvgIpc) is 2.33. The van der Waals surface area contributed by atoms with Gasteiger partial charge in [-0.25, -0.2) is 8.78 Å². The molecule has 0 radical (unpaired) electrons. The Morgan fingerprint density at radius 2 is 1.89 bits per heavy atom. The van der Waals surface area contributed by atoms with Crippen LogP contribution in [-0.4, -0.2) is 4.92 Å². The van der Waals surface area contributed by atoms with Crippen molar-refractivity contribution in [3.8, 4) is 0 Å². The maximum Gasteiger partial charge on any atom is 0.292 e. The molecule has 0 atom stereocenters. The van der Waals surface area contributed by atoms with Crippen LogP contribution in [0, 0.1) is 21.7 Å². The number of nitrogens with two attached hydrogens (primary N) is 1. The number of benzene rings is 2. The molecule has 0 saturated carbocycles. The van der Waals surface area contributed by atoms with E-state index in [1.807, 2.05) is 0 Å². The van der Waals surface area contributed by atoms with Gasteiger partial charge in [-0.1, -0.05) is 11.8 Å². The van der Waals surface area contributed by atoms with Crippen molar-refractivity contribution in [1.29, 1.82) is 0 Å². The van der Waals surface area contributed by atoms with Crippen molar-refractivity contribution in [2.75, 3.05) is 5.73 Å². The summed E-state index contributed by atoms with van der Waals surface area (Å²) in [4.78, 5) is 10.6. The van der Waals surface area contributed by atoms with Gasteiger partial charge in [-0.15, -0.1) is 0 Å². The fourth-order valence-corrected chi connectivity index (χ4v) is 2.36. The second-order valence-electron chi connectivity index (χ2n) is 3.65. The number of nitrogen functional groups attached to an aromatic ring is 1. The third kappa shape index (κ3) is 3.00. The highest BCUT2D eigenvalue weighted by molar-refractivity contribution is 7.99. The number of nitro groups is 1. The predicted octanol–water partition coefficient (Wildman–Crippen LogP) is 3.61. The molecule has 98 valence electrons. The number of nitrogens with zero attached hydrogens (tertiary/aromatic N) is 1. The normalized spacial score (nSPS) is 10.4. The Hall–Kier alpha value is -2.15. The zero-order valence-corrected chi connectivity index (χ0v) is 10.3. The van der Waals surface area contributed by atoms with E-state index in [9.17, 15) is 18.9 Å². The molecule has 0 aromatic heterocycles. The highest BCUT2D eigenvalue weighted by Crippen LogP contribution is 2.34. The predicted molar refractivity (Wildman–Crippen MR) is 68.0 cm³/mol. The fraction of sp³-hybridized carbons (Fsp3) is 0. The summed E-state index contributed by atoms with van der Waals surface area (Å²) in [6.07, 6.45) is 0. The summed E-state index contributed by atoms with van der Waals surface area (Å²) >= 11 is 0.945. The second kappa shape index (κ2) is 5.23. The van der Waals surface area contributed by atoms with Gasteiger partial charge in [0.1, 0.15) is 17.3 Å². The summed E-state index contributed by atoms with van der Waals surface area (Å²) in [5, 5.41) is 10.6. The van der Waals surface area contributed by atoms with E-state index in [0.29, 0.717) is 4.90 Å². The Labute approximate surface area is 111 Å². The Morgan fingerprint density at radius 3 is 2.53 bits per heavy atom. The summed E-state index contributed by atoms with van der Waals surface area (Å²) in [5.74, 6) is -1.12. The molecular weight excluding hydrogens is 274 g/mol. The van der Waals surface area contributed by atoms with E-state index in [2.05, 4.69) is 0 Å². The summed E-state index contributed by atoms with van der Waals surface area (Å²) in [7, 11) is 0. The lowest BCUT2D eigenvalue weighted by Crippen LogP contribution is -1.95. The van der Waals surface area contributed by atoms with Crippen molar-refractivity contribution in [3.05, 3.63) is 58.1 Å². The van der Waals surface area contributed by atoms with Gasteiger partial charge in [-0.2, -0.15) is 0 Å². The zero-order chi connectivity index (χ0) is 14.0. The SMILES string of the molecule is Nc1cc(Sc2cc(F)ccc2F)ccc1[N+](=O)[O-]. The molecule has 2 aromatic rings. The van der Waals surface area contributed by atoms with E-state index in [0.717, 1.165) is 30.0 Å². The van der Waals surface area contributed by atoms with Crippen LogP contribution in [0.4, 0.5) is 20.2 Å². The first kappa shape index (κ1) is 13.3. The molecule has 0 fully saturated rings. The van der Waals surface area contributed by atoms with Crippen molar-refractivity contribution in [1.82, 2.24) is 0 Å². The van der Waals surface area contributed by atoms with Gasteiger partial charge in [0.15, 0.2) is 0 Å². The quantitative estimate of drug-likeness (QED) is 0.530. The Morgan fingerprint density at radius 1 is 1.16 bits per heavy atom. The van der Waals surface area contributed by atoms with Crippen LogP contribution in [0.5, 0.6) is 0 Å². The van der Waals surface area contributed by atoms with Gasteiger partial charge >= 0.3 is 0 Å². The van der Waals surface area contributed by atoms with Crippen molar-refractivity contribution >= 4 is 23.1 Å². The average molecular weight is 282 g/mol. The van der Waals surface area contributed by atoms with Gasteiger partial charge in [-0.3, -0.25) is 10.1 Å². The number of halogens is 2. The monoisotopic (exact) mass is 282 g/mol. The smallest absolute Gasteiger partial charge is 0.292 e. The molecule has 0 amide bonds. The third-order valence-electron chi connectivity index (χ3n) is 2.32. The van der Waals surface area contributed by atoms with Gasteiger partial charge in [0, 0.05) is 11.0 Å². The molecule has 0 bridgehead atoms. The Kier molecular flexibility index (Phi) is 3.66. The van der Waals surface area contributed by atoms with Crippen molar-refractivity contribution in [3.63, 3.8) is 0 Å². The minimum Gasteiger partial charge on any atom is -0.393 e. The molecule has 2 rings (SSSR count). The molecule has 19 heavy (non-hydrogen) atoms. The largest absolute Gasteiger partial charge is 0.393 e. The van der Waals surface area contributed by atoms with Gasteiger partial charge in [0.25, 0.3) is 5.69 Å². The summed E-state index contributed by atoms with van der Waals surface area (Å²) in [6, 6.07) is 7.11. The fourth-order valence-electron chi connectivity index (χ4n) is 1.44. The molecule has 0 aliphatic carbocycles. The van der Waals surface area contributed by atoms with Crippen LogP contribution < -0.4 is 5.73 Å². The molecule has 0 aliphatic rings. The molecule has 7 heteroatoms. The first-order valence-corrected chi connectivity index (χ1v) is 5.96. The number of nitro benzene ring substituents is 1. The van der Waals surface area contributed by atoms with E-state index >= 15 is 0 Å². The minimum atomic E-state index is -0.605. The topological polar surface area (TPSA) is 69.2 Å². The number of hydrogen-bond acceptors (Lipinski definition) is 4. The van der Waals surface area contributed by atoms with E-state index in [4.69, 9.17) is 5.73 Å². The number of rotatable bonds is 3. The zero-order valence-electron chi connectivity index (χ0n) is 9.47. The second-order valence-corrected chi connectivity index (χ2v) is 4.77. The van der Waals surface area contributed by atoms with E-state index < -0.39 is 16.6 Å².